The molecule has 0 bridgehead atoms. The number of carbonyl (C=O) groups is 1. The smallest absolute Gasteiger partial charge is 0.322 e. The van der Waals surface area contributed by atoms with Gasteiger partial charge in [-0.1, -0.05) is 6.92 Å². The Balaban J connectivity index is 2.13. The summed E-state index contributed by atoms with van der Waals surface area (Å²) in [5.41, 5.74) is 0. The van der Waals surface area contributed by atoms with Crippen LogP contribution in [0.4, 0.5) is 0 Å². The van der Waals surface area contributed by atoms with Gasteiger partial charge in [-0.25, -0.2) is 0 Å². The summed E-state index contributed by atoms with van der Waals surface area (Å²) in [6, 6.07) is -0.264. The highest BCUT2D eigenvalue weighted by molar-refractivity contribution is 5.75. The van der Waals surface area contributed by atoms with E-state index in [9.17, 15) is 4.79 Å². The SMILES string of the molecule is CCCNC(CCOCC1CCCO1)C(=O)OC. The van der Waals surface area contributed by atoms with Crippen molar-refractivity contribution in [1.82, 2.24) is 5.32 Å². The van der Waals surface area contributed by atoms with Gasteiger partial charge in [-0.05, 0) is 32.2 Å². The number of methoxy groups -OCH3 is 1. The monoisotopic (exact) mass is 259 g/mol. The van der Waals surface area contributed by atoms with Crippen LogP contribution < -0.4 is 5.32 Å². The van der Waals surface area contributed by atoms with E-state index in [0.717, 1.165) is 32.4 Å². The summed E-state index contributed by atoms with van der Waals surface area (Å²) in [4.78, 5) is 11.5. The number of esters is 1. The average molecular weight is 259 g/mol. The van der Waals surface area contributed by atoms with E-state index < -0.39 is 0 Å². The summed E-state index contributed by atoms with van der Waals surface area (Å²) in [5.74, 6) is -0.218. The molecule has 1 N–H and O–H groups in total. The highest BCUT2D eigenvalue weighted by Crippen LogP contribution is 2.12. The third kappa shape index (κ3) is 5.80. The second-order valence-corrected chi connectivity index (χ2v) is 4.53. The Morgan fingerprint density at radius 1 is 1.56 bits per heavy atom. The van der Waals surface area contributed by atoms with E-state index in [1.165, 1.54) is 7.11 Å². The van der Waals surface area contributed by atoms with Crippen LogP contribution in [-0.4, -0.2) is 51.6 Å². The van der Waals surface area contributed by atoms with Gasteiger partial charge in [0.25, 0.3) is 0 Å². The largest absolute Gasteiger partial charge is 0.468 e. The third-order valence-corrected chi connectivity index (χ3v) is 3.01. The number of rotatable bonds is 9. The van der Waals surface area contributed by atoms with E-state index in [1.807, 2.05) is 0 Å². The maximum Gasteiger partial charge on any atom is 0.322 e. The molecule has 5 nitrogen and oxygen atoms in total. The van der Waals surface area contributed by atoms with Crippen LogP contribution in [0, 0.1) is 0 Å². The van der Waals surface area contributed by atoms with Gasteiger partial charge in [0.1, 0.15) is 6.04 Å². The predicted molar refractivity (Wildman–Crippen MR) is 68.5 cm³/mol. The van der Waals surface area contributed by atoms with Crippen molar-refractivity contribution in [2.75, 3.05) is 33.5 Å². The lowest BCUT2D eigenvalue weighted by Crippen LogP contribution is -2.39. The van der Waals surface area contributed by atoms with Gasteiger partial charge in [-0.2, -0.15) is 0 Å². The Labute approximate surface area is 109 Å². The molecule has 2 unspecified atom stereocenters. The van der Waals surface area contributed by atoms with E-state index in [0.29, 0.717) is 19.6 Å². The second-order valence-electron chi connectivity index (χ2n) is 4.53. The minimum absolute atomic E-state index is 0.218. The summed E-state index contributed by atoms with van der Waals surface area (Å²) >= 11 is 0. The first-order chi connectivity index (χ1) is 8.77. The number of ether oxygens (including phenoxy) is 3. The molecule has 0 spiro atoms. The molecule has 0 aromatic carbocycles. The first-order valence-electron chi connectivity index (χ1n) is 6.78. The standard InChI is InChI=1S/C13H25NO4/c1-3-7-14-12(13(15)16-2)6-9-17-10-11-5-4-8-18-11/h11-12,14H,3-10H2,1-2H3. The lowest BCUT2D eigenvalue weighted by molar-refractivity contribution is -0.143. The quantitative estimate of drug-likeness (QED) is 0.496. The van der Waals surface area contributed by atoms with Crippen LogP contribution in [0.5, 0.6) is 0 Å². The van der Waals surface area contributed by atoms with Gasteiger partial charge in [0.15, 0.2) is 0 Å². The Morgan fingerprint density at radius 3 is 3.00 bits per heavy atom. The van der Waals surface area contributed by atoms with Crippen molar-refractivity contribution < 1.29 is 19.0 Å². The second kappa shape index (κ2) is 9.30. The lowest BCUT2D eigenvalue weighted by Gasteiger charge is -2.16. The molecule has 5 heteroatoms. The van der Waals surface area contributed by atoms with E-state index in [4.69, 9.17) is 14.2 Å². The number of carbonyl (C=O) groups excluding carboxylic acids is 1. The fourth-order valence-corrected chi connectivity index (χ4v) is 1.96. The van der Waals surface area contributed by atoms with E-state index in [-0.39, 0.29) is 18.1 Å². The van der Waals surface area contributed by atoms with Gasteiger partial charge >= 0.3 is 5.97 Å². The average Bonchev–Trinajstić information content (AvgIpc) is 2.90. The van der Waals surface area contributed by atoms with Crippen molar-refractivity contribution >= 4 is 5.97 Å². The van der Waals surface area contributed by atoms with Crippen LogP contribution in [0.25, 0.3) is 0 Å². The highest BCUT2D eigenvalue weighted by atomic mass is 16.5. The summed E-state index contributed by atoms with van der Waals surface area (Å²) < 4.78 is 15.8. The van der Waals surface area contributed by atoms with Crippen molar-refractivity contribution in [3.63, 3.8) is 0 Å². The van der Waals surface area contributed by atoms with E-state index >= 15 is 0 Å². The topological polar surface area (TPSA) is 56.8 Å². The van der Waals surface area contributed by atoms with Crippen LogP contribution in [0.2, 0.25) is 0 Å². The van der Waals surface area contributed by atoms with E-state index in [2.05, 4.69) is 12.2 Å². The van der Waals surface area contributed by atoms with Gasteiger partial charge in [-0.3, -0.25) is 4.79 Å². The Kier molecular flexibility index (Phi) is 7.96. The molecule has 0 aromatic rings. The molecule has 1 fully saturated rings. The van der Waals surface area contributed by atoms with Gasteiger partial charge in [-0.15, -0.1) is 0 Å². The Hall–Kier alpha value is -0.650. The molecule has 1 heterocycles. The molecule has 0 aliphatic carbocycles. The molecule has 1 saturated heterocycles. The molecule has 0 saturated carbocycles. The minimum atomic E-state index is -0.264. The first kappa shape index (κ1) is 15.4. The van der Waals surface area contributed by atoms with Crippen LogP contribution in [0.1, 0.15) is 32.6 Å². The molecule has 2 atom stereocenters. The molecule has 1 aliphatic heterocycles. The summed E-state index contributed by atoms with van der Waals surface area (Å²) in [7, 11) is 1.41. The normalized spacial score (nSPS) is 20.9. The van der Waals surface area contributed by atoms with Crippen LogP contribution in [0.3, 0.4) is 0 Å². The molecule has 0 radical (unpaired) electrons. The van der Waals surface area contributed by atoms with Crippen molar-refractivity contribution in [1.29, 1.82) is 0 Å². The van der Waals surface area contributed by atoms with E-state index in [1.54, 1.807) is 0 Å². The zero-order chi connectivity index (χ0) is 13.2. The molecule has 1 aliphatic rings. The molecule has 18 heavy (non-hydrogen) atoms. The fraction of sp³-hybridized carbons (Fsp3) is 0.923. The Bertz CT molecular complexity index is 229. The first-order valence-corrected chi connectivity index (χ1v) is 6.78. The molecular weight excluding hydrogens is 234 g/mol. The zero-order valence-corrected chi connectivity index (χ0v) is 11.4. The van der Waals surface area contributed by atoms with Gasteiger partial charge < -0.3 is 19.5 Å². The van der Waals surface area contributed by atoms with Gasteiger partial charge in [0, 0.05) is 13.2 Å². The van der Waals surface area contributed by atoms with Gasteiger partial charge in [0.2, 0.25) is 0 Å². The summed E-state index contributed by atoms with van der Waals surface area (Å²) in [5, 5.41) is 3.16. The molecule has 1 rings (SSSR count). The summed E-state index contributed by atoms with van der Waals surface area (Å²) in [6.45, 7) is 4.90. The maximum atomic E-state index is 11.5. The van der Waals surface area contributed by atoms with Crippen LogP contribution in [-0.2, 0) is 19.0 Å². The van der Waals surface area contributed by atoms with Crippen molar-refractivity contribution in [2.24, 2.45) is 0 Å². The number of hydrogen-bond donors (Lipinski definition) is 1. The van der Waals surface area contributed by atoms with Gasteiger partial charge in [0.05, 0.1) is 19.8 Å². The maximum absolute atomic E-state index is 11.5. The number of hydrogen-bond acceptors (Lipinski definition) is 5. The van der Waals surface area contributed by atoms with Crippen molar-refractivity contribution in [3.8, 4) is 0 Å². The fourth-order valence-electron chi connectivity index (χ4n) is 1.96. The Morgan fingerprint density at radius 2 is 2.39 bits per heavy atom. The third-order valence-electron chi connectivity index (χ3n) is 3.01. The van der Waals surface area contributed by atoms with Crippen molar-refractivity contribution in [3.05, 3.63) is 0 Å². The molecule has 106 valence electrons. The predicted octanol–water partition coefficient (Wildman–Crippen LogP) is 1.11. The summed E-state index contributed by atoms with van der Waals surface area (Å²) in [6.07, 6.45) is 4.07. The molecular formula is C13H25NO4. The van der Waals surface area contributed by atoms with Crippen LogP contribution in [0.15, 0.2) is 0 Å². The molecule has 0 aromatic heterocycles. The lowest BCUT2D eigenvalue weighted by atomic mass is 10.2. The highest BCUT2D eigenvalue weighted by Gasteiger charge is 2.19. The van der Waals surface area contributed by atoms with Crippen molar-refractivity contribution in [2.45, 2.75) is 44.8 Å². The number of nitrogens with one attached hydrogen (secondary N) is 1. The van der Waals surface area contributed by atoms with Crippen LogP contribution >= 0.6 is 0 Å². The minimum Gasteiger partial charge on any atom is -0.468 e. The zero-order valence-electron chi connectivity index (χ0n) is 11.4. The molecule has 0 amide bonds.